The first-order chi connectivity index (χ1) is 13.0. The molecule has 1 aromatic carbocycles. The molecule has 2 heteroatoms. The summed E-state index contributed by atoms with van der Waals surface area (Å²) in [7, 11) is 0. The Morgan fingerprint density at radius 1 is 0.815 bits per heavy atom. The van der Waals surface area contributed by atoms with Gasteiger partial charge in [0, 0.05) is 5.41 Å². The van der Waals surface area contributed by atoms with Crippen LogP contribution in [0.15, 0.2) is 24.3 Å². The average Bonchev–Trinajstić information content (AvgIpc) is 2.69. The van der Waals surface area contributed by atoms with Crippen molar-refractivity contribution in [2.45, 2.75) is 105 Å². The highest BCUT2D eigenvalue weighted by molar-refractivity contribution is 5.89. The normalized spacial score (nSPS) is 13.3. The molecule has 1 unspecified atom stereocenters. The molecular weight excluding hydrogens is 332 g/mol. The Hall–Kier alpha value is -1.31. The molecule has 0 saturated heterocycles. The third kappa shape index (κ3) is 9.98. The predicted octanol–water partition coefficient (Wildman–Crippen LogP) is 7.74. The molecule has 1 atom stereocenters. The molecule has 0 amide bonds. The van der Waals surface area contributed by atoms with E-state index in [1.165, 1.54) is 63.4 Å². The number of carbonyl (C=O) groups excluding carboxylic acids is 1. The summed E-state index contributed by atoms with van der Waals surface area (Å²) in [5.74, 6) is -0.175. The van der Waals surface area contributed by atoms with Crippen molar-refractivity contribution in [3.05, 3.63) is 35.4 Å². The van der Waals surface area contributed by atoms with E-state index in [1.54, 1.807) is 0 Å². The molecule has 154 valence electrons. The molecule has 2 nitrogen and oxygen atoms in total. The number of ether oxygens (including phenoxy) is 1. The largest absolute Gasteiger partial charge is 0.462 e. The highest BCUT2D eigenvalue weighted by atomic mass is 16.5. The van der Waals surface area contributed by atoms with Crippen molar-refractivity contribution in [2.75, 3.05) is 6.61 Å². The predicted molar refractivity (Wildman–Crippen MR) is 116 cm³/mol. The van der Waals surface area contributed by atoms with E-state index in [0.29, 0.717) is 12.2 Å². The number of aryl methyl sites for hydroxylation is 1. The second-order valence-corrected chi connectivity index (χ2v) is 8.46. The van der Waals surface area contributed by atoms with Crippen LogP contribution in [0.3, 0.4) is 0 Å². The zero-order chi connectivity index (χ0) is 20.0. The highest BCUT2D eigenvalue weighted by Crippen LogP contribution is 2.31. The van der Waals surface area contributed by atoms with Crippen LogP contribution in [0.5, 0.6) is 0 Å². The topological polar surface area (TPSA) is 26.3 Å². The second-order valence-electron chi connectivity index (χ2n) is 8.46. The Kier molecular flexibility index (Phi) is 12.1. The zero-order valence-corrected chi connectivity index (χ0v) is 18.3. The van der Waals surface area contributed by atoms with Gasteiger partial charge in [-0.15, -0.1) is 0 Å². The average molecular weight is 375 g/mol. The number of rotatable bonds is 15. The van der Waals surface area contributed by atoms with E-state index in [4.69, 9.17) is 4.74 Å². The monoisotopic (exact) mass is 374 g/mol. The first-order valence-corrected chi connectivity index (χ1v) is 11.3. The minimum Gasteiger partial charge on any atom is -0.462 e. The fraction of sp³-hybridized carbons (Fsp3) is 0.720. The SMILES string of the molecule is CCCCCCC(C)(CCCC)COC(=O)c1ccc(CCCCC)cc1. The highest BCUT2D eigenvalue weighted by Gasteiger charge is 2.25. The van der Waals surface area contributed by atoms with Crippen LogP contribution in [0.4, 0.5) is 0 Å². The summed E-state index contributed by atoms with van der Waals surface area (Å²) in [4.78, 5) is 12.5. The molecule has 0 aromatic heterocycles. The van der Waals surface area contributed by atoms with E-state index in [-0.39, 0.29) is 11.4 Å². The number of benzene rings is 1. The summed E-state index contributed by atoms with van der Waals surface area (Å²) in [5, 5.41) is 0. The molecule has 0 heterocycles. The smallest absolute Gasteiger partial charge is 0.338 e. The molecule has 0 fully saturated rings. The Morgan fingerprint density at radius 3 is 2.04 bits per heavy atom. The molecule has 0 N–H and O–H groups in total. The Balaban J connectivity index is 2.53. The standard InChI is InChI=1S/C25H42O2/c1-5-8-11-13-20-25(4,19-10-7-3)21-27-24(26)23-17-15-22(16-18-23)14-12-9-6-2/h15-18H,5-14,19-21H2,1-4H3. The van der Waals surface area contributed by atoms with Gasteiger partial charge in [0.1, 0.15) is 0 Å². The molecule has 0 aliphatic carbocycles. The summed E-state index contributed by atoms with van der Waals surface area (Å²) >= 11 is 0. The minimum atomic E-state index is -0.175. The van der Waals surface area contributed by atoms with Crippen molar-refractivity contribution < 1.29 is 9.53 Å². The van der Waals surface area contributed by atoms with Gasteiger partial charge in [0.2, 0.25) is 0 Å². The fourth-order valence-corrected chi connectivity index (χ4v) is 3.56. The Morgan fingerprint density at radius 2 is 1.41 bits per heavy atom. The van der Waals surface area contributed by atoms with Crippen LogP contribution >= 0.6 is 0 Å². The number of carbonyl (C=O) groups is 1. The molecule has 1 aromatic rings. The van der Waals surface area contributed by atoms with E-state index in [0.717, 1.165) is 19.3 Å². The van der Waals surface area contributed by atoms with Crippen LogP contribution in [0, 0.1) is 5.41 Å². The second kappa shape index (κ2) is 13.8. The van der Waals surface area contributed by atoms with Gasteiger partial charge in [-0.25, -0.2) is 4.79 Å². The van der Waals surface area contributed by atoms with Crippen LogP contribution in [0.2, 0.25) is 0 Å². The number of hydrogen-bond acceptors (Lipinski definition) is 2. The van der Waals surface area contributed by atoms with Gasteiger partial charge in [-0.3, -0.25) is 0 Å². The molecule has 0 aliphatic heterocycles. The maximum atomic E-state index is 12.5. The van der Waals surface area contributed by atoms with Crippen molar-refractivity contribution in [2.24, 2.45) is 5.41 Å². The molecular formula is C25H42O2. The minimum absolute atomic E-state index is 0.111. The van der Waals surface area contributed by atoms with Gasteiger partial charge >= 0.3 is 5.97 Å². The fourth-order valence-electron chi connectivity index (χ4n) is 3.56. The number of esters is 1. The van der Waals surface area contributed by atoms with Crippen molar-refractivity contribution in [1.82, 2.24) is 0 Å². The van der Waals surface area contributed by atoms with Crippen LogP contribution in [-0.4, -0.2) is 12.6 Å². The van der Waals surface area contributed by atoms with E-state index in [1.807, 2.05) is 12.1 Å². The molecule has 27 heavy (non-hydrogen) atoms. The van der Waals surface area contributed by atoms with E-state index in [9.17, 15) is 4.79 Å². The van der Waals surface area contributed by atoms with E-state index >= 15 is 0 Å². The van der Waals surface area contributed by atoms with Crippen LogP contribution in [0.25, 0.3) is 0 Å². The molecule has 0 saturated carbocycles. The van der Waals surface area contributed by atoms with Crippen molar-refractivity contribution >= 4 is 5.97 Å². The molecule has 0 radical (unpaired) electrons. The van der Waals surface area contributed by atoms with Gasteiger partial charge in [0.15, 0.2) is 0 Å². The Bertz CT molecular complexity index is 506. The number of unbranched alkanes of at least 4 members (excludes halogenated alkanes) is 6. The summed E-state index contributed by atoms with van der Waals surface area (Å²) in [6, 6.07) is 8.00. The molecule has 0 spiro atoms. The van der Waals surface area contributed by atoms with Crippen LogP contribution in [-0.2, 0) is 11.2 Å². The first-order valence-electron chi connectivity index (χ1n) is 11.3. The van der Waals surface area contributed by atoms with Gasteiger partial charge in [-0.2, -0.15) is 0 Å². The van der Waals surface area contributed by atoms with Gasteiger partial charge in [0.25, 0.3) is 0 Å². The van der Waals surface area contributed by atoms with Crippen molar-refractivity contribution in [3.63, 3.8) is 0 Å². The maximum absolute atomic E-state index is 12.5. The van der Waals surface area contributed by atoms with Crippen molar-refractivity contribution in [1.29, 1.82) is 0 Å². The lowest BCUT2D eigenvalue weighted by atomic mass is 9.80. The van der Waals surface area contributed by atoms with Gasteiger partial charge in [-0.05, 0) is 43.4 Å². The third-order valence-corrected chi connectivity index (χ3v) is 5.58. The lowest BCUT2D eigenvalue weighted by Gasteiger charge is -2.29. The molecule has 0 aliphatic rings. The maximum Gasteiger partial charge on any atom is 0.338 e. The summed E-state index contributed by atoms with van der Waals surface area (Å²) in [6.45, 7) is 9.52. The summed E-state index contributed by atoms with van der Waals surface area (Å²) in [5.41, 5.74) is 2.10. The molecule has 0 bridgehead atoms. The van der Waals surface area contributed by atoms with E-state index < -0.39 is 0 Å². The van der Waals surface area contributed by atoms with Crippen LogP contribution < -0.4 is 0 Å². The summed E-state index contributed by atoms with van der Waals surface area (Å²) < 4.78 is 5.75. The van der Waals surface area contributed by atoms with Crippen molar-refractivity contribution in [3.8, 4) is 0 Å². The van der Waals surface area contributed by atoms with Gasteiger partial charge in [0.05, 0.1) is 12.2 Å². The number of hydrogen-bond donors (Lipinski definition) is 0. The van der Waals surface area contributed by atoms with Crippen LogP contribution in [0.1, 0.15) is 114 Å². The van der Waals surface area contributed by atoms with Gasteiger partial charge in [-0.1, -0.05) is 91.2 Å². The third-order valence-electron chi connectivity index (χ3n) is 5.58. The lowest BCUT2D eigenvalue weighted by Crippen LogP contribution is -2.25. The van der Waals surface area contributed by atoms with E-state index in [2.05, 4.69) is 39.8 Å². The zero-order valence-electron chi connectivity index (χ0n) is 18.3. The lowest BCUT2D eigenvalue weighted by molar-refractivity contribution is 0.0265. The molecule has 1 rings (SSSR count). The quantitative estimate of drug-likeness (QED) is 0.232. The Labute approximate surface area is 168 Å². The van der Waals surface area contributed by atoms with Gasteiger partial charge < -0.3 is 4.74 Å². The first kappa shape index (κ1) is 23.7. The summed E-state index contributed by atoms with van der Waals surface area (Å²) in [6.07, 6.45) is 14.6.